The lowest BCUT2D eigenvalue weighted by molar-refractivity contribution is -0.154. The van der Waals surface area contributed by atoms with Crippen LogP contribution in [0.3, 0.4) is 0 Å². The number of aliphatic hydroxyl groups excluding tert-OH is 1. The quantitative estimate of drug-likeness (QED) is 0.0460. The number of aromatic amines is 1. The number of H-pyrrole nitrogens is 1. The normalized spacial score (nSPS) is 24.8. The summed E-state index contributed by atoms with van der Waals surface area (Å²) in [7, 11) is 3.86. The Morgan fingerprint density at radius 3 is 1.64 bits per heavy atom. The number of hydrogen-bond acceptors (Lipinski definition) is 20. The topological polar surface area (TPSA) is 500 Å². The van der Waals surface area contributed by atoms with E-state index in [9.17, 15) is 34.1 Å². The lowest BCUT2D eigenvalue weighted by atomic mass is 9.96. The van der Waals surface area contributed by atoms with Crippen LogP contribution in [0.4, 0.5) is 13.2 Å². The molecule has 39 heteroatoms. The van der Waals surface area contributed by atoms with E-state index in [1.807, 2.05) is 6.92 Å². The fraction of sp³-hybridized carbons (Fsp3) is 0.465. The number of nitrogens with zero attached hydrogens (tertiary/aromatic N) is 6. The molecule has 4 aliphatic heterocycles. The number of carbonyl (C=O) groups is 15. The molecule has 6 aromatic carbocycles. The highest BCUT2D eigenvalue weighted by Crippen LogP contribution is 2.32. The second-order valence-corrected chi connectivity index (χ2v) is 37.8. The predicted molar refractivity (Wildman–Crippen MR) is 506 cm³/mol. The number of rotatable bonds is 21. The van der Waals surface area contributed by atoms with Crippen molar-refractivity contribution in [1.82, 2.24) is 76.9 Å². The highest BCUT2D eigenvalue weighted by atomic mass is 32.2. The summed E-state index contributed by atoms with van der Waals surface area (Å²) < 4.78 is 45.3. The van der Waals surface area contributed by atoms with Crippen molar-refractivity contribution in [1.29, 1.82) is 0 Å². The summed E-state index contributed by atoms with van der Waals surface area (Å²) >= 11 is 0.685. The van der Waals surface area contributed by atoms with Crippen molar-refractivity contribution in [3.05, 3.63) is 203 Å². The molecule has 15 amide bonds. The number of amides is 15. The number of para-hydroxylation sites is 1. The molecule has 7 aromatic rings. The average Bonchev–Trinajstić information content (AvgIpc) is 1.62. The number of phenolic OH excluding ortho intramolecular Hbond substituents is 2. The predicted octanol–water partition coefficient (Wildman–Crippen LogP) is 3.14. The molecule has 0 aliphatic carbocycles. The zero-order valence-corrected chi connectivity index (χ0v) is 79.3. The van der Waals surface area contributed by atoms with Crippen LogP contribution in [0.1, 0.15) is 126 Å². The molecule has 1 aromatic heterocycles. The number of benzene rings is 6. The fourth-order valence-corrected chi connectivity index (χ4v) is 18.9. The number of carbonyl (C=O) groups excluding carboxylic acids is 15. The zero-order chi connectivity index (χ0) is 100. The van der Waals surface area contributed by atoms with Crippen molar-refractivity contribution in [3.8, 4) is 11.5 Å². The molecule has 4 aliphatic rings. The minimum Gasteiger partial charge on any atom is -0.508 e. The van der Waals surface area contributed by atoms with Crippen molar-refractivity contribution in [2.75, 3.05) is 58.8 Å². The molecular weight excluding hydrogens is 1800 g/mol. The van der Waals surface area contributed by atoms with Crippen LogP contribution in [0.5, 0.6) is 11.5 Å². The first kappa shape index (κ1) is 105. The maximum Gasteiger partial charge on any atom is 0.246 e. The second-order valence-electron chi connectivity index (χ2n) is 36.7. The lowest BCUT2D eigenvalue weighted by Gasteiger charge is -2.38. The van der Waals surface area contributed by atoms with Crippen LogP contribution in [-0.4, -0.2) is 288 Å². The maximum absolute atomic E-state index is 16.0. The van der Waals surface area contributed by atoms with E-state index in [4.69, 9.17) is 11.5 Å². The van der Waals surface area contributed by atoms with Gasteiger partial charge in [0.1, 0.15) is 90.0 Å². The molecule has 15 atom stereocenters. The van der Waals surface area contributed by atoms with Crippen molar-refractivity contribution in [2.45, 2.75) is 222 Å². The summed E-state index contributed by atoms with van der Waals surface area (Å²) in [5, 5.41) is 55.0. The molecule has 4 fully saturated rings. The summed E-state index contributed by atoms with van der Waals surface area (Å²) in [4.78, 5) is 238. The van der Waals surface area contributed by atoms with Gasteiger partial charge < -0.3 is 104 Å². The van der Waals surface area contributed by atoms with E-state index in [2.05, 4.69) is 47.5 Å². The Morgan fingerprint density at radius 2 is 1.03 bits per heavy atom. The van der Waals surface area contributed by atoms with E-state index >= 15 is 66.3 Å². The van der Waals surface area contributed by atoms with Gasteiger partial charge in [0, 0.05) is 115 Å². The number of unbranched alkanes of at least 4 members (excludes halogenated alkanes) is 1. The smallest absolute Gasteiger partial charge is 0.246 e. The molecule has 0 spiro atoms. The maximum atomic E-state index is 16.0. The van der Waals surface area contributed by atoms with Crippen LogP contribution >= 0.6 is 11.8 Å². The van der Waals surface area contributed by atoms with Gasteiger partial charge in [0.15, 0.2) is 17.5 Å². The van der Waals surface area contributed by atoms with Crippen LogP contribution in [0, 0.1) is 29.3 Å². The number of piperidine rings is 1. The third-order valence-electron chi connectivity index (χ3n) is 25.6. The number of likely N-dealkylation sites (N-methyl/N-ethyl adjacent to an activating group) is 3. The number of nitrogens with one attached hydrogen (secondary N) is 9. The van der Waals surface area contributed by atoms with Gasteiger partial charge in [-0.05, 0) is 126 Å². The molecule has 740 valence electrons. The summed E-state index contributed by atoms with van der Waals surface area (Å²) in [6, 6.07) is 15.7. The Hall–Kier alpha value is -13.4. The van der Waals surface area contributed by atoms with Crippen molar-refractivity contribution in [2.24, 2.45) is 23.3 Å². The van der Waals surface area contributed by atoms with E-state index in [1.165, 1.54) is 79.5 Å². The van der Waals surface area contributed by atoms with Crippen LogP contribution in [0.2, 0.25) is 0 Å². The van der Waals surface area contributed by atoms with Crippen LogP contribution in [0.25, 0.3) is 10.9 Å². The fourth-order valence-electron chi connectivity index (χ4n) is 18.1. The number of fused-ring (bicyclic) bond motifs is 4. The number of primary amides is 1. The van der Waals surface area contributed by atoms with Crippen molar-refractivity contribution in [3.63, 3.8) is 0 Å². The lowest BCUT2D eigenvalue weighted by Crippen LogP contribution is -2.63. The van der Waals surface area contributed by atoms with E-state index < -0.39 is 240 Å². The zero-order valence-electron chi connectivity index (χ0n) is 78.4. The first-order valence-corrected chi connectivity index (χ1v) is 47.6. The van der Waals surface area contributed by atoms with Crippen molar-refractivity contribution >= 4 is 111 Å². The monoisotopic (exact) mass is 1930 g/mol. The number of halogens is 3. The van der Waals surface area contributed by atoms with Gasteiger partial charge in [0.05, 0.1) is 18.4 Å². The number of phenols is 2. The Kier molecular flexibility index (Phi) is 36.9. The summed E-state index contributed by atoms with van der Waals surface area (Å²) in [5.41, 5.74) is 14.8. The van der Waals surface area contributed by atoms with Gasteiger partial charge in [-0.2, -0.15) is 0 Å². The van der Waals surface area contributed by atoms with E-state index in [-0.39, 0.29) is 101 Å². The second kappa shape index (κ2) is 48.5. The first-order chi connectivity index (χ1) is 65.7. The van der Waals surface area contributed by atoms with Gasteiger partial charge in [-0.15, -0.1) is 11.8 Å². The van der Waals surface area contributed by atoms with E-state index in [0.29, 0.717) is 81.9 Å². The van der Waals surface area contributed by atoms with E-state index in [1.54, 1.807) is 119 Å². The third-order valence-corrected chi connectivity index (χ3v) is 26.6. The van der Waals surface area contributed by atoms with Crippen LogP contribution < -0.4 is 54.0 Å². The molecule has 5 heterocycles. The molecule has 0 unspecified atom stereocenters. The Labute approximate surface area is 802 Å². The van der Waals surface area contributed by atoms with Gasteiger partial charge >= 0.3 is 0 Å². The number of nitrogens with two attached hydrogens (primary N) is 2. The molecule has 0 bridgehead atoms. The first-order valence-electron chi connectivity index (χ1n) is 46.5. The number of aliphatic hydroxyl groups is 1. The van der Waals surface area contributed by atoms with Gasteiger partial charge in [-0.1, -0.05) is 151 Å². The average molecular weight is 1930 g/mol. The molecule has 138 heavy (non-hydrogen) atoms. The number of aromatic hydroxyl groups is 2. The number of aromatic nitrogens is 1. The minimum atomic E-state index is -1.87. The number of thioether (sulfide) groups is 1. The SMILES string of the molecule is CCCC[C@H]1C(=O)N2C[C@H](O)C[C@@H]2C(=O)N2C[C@H](N)C[C@H]2C(=O)N[C@@H](C(C)C)C(=O)N(C)[C@@H](Cc2ccccc2)C(=O)N[C@@H](Cc2ccc(O)cc2)C(=O)N2CCCC[C@@H]2C(=O)N[C@@H](Cc2c[nH]c3ccccc23)C(=O)N[C@@H](Cc2ccc(O)cc2)C(=O)N[C@@H](CC(C)C)C(=O)N[C@H](C(=O)NCC(N)=O)CSCC(=O)N[C@@H](Cc2cc(F)c(F)c(F)c2)C(=O)N(C)[C@@H](Cc2ccccc2)C(=O)N1C. The summed E-state index contributed by atoms with van der Waals surface area (Å²) in [6.07, 6.45) is -1.01. The van der Waals surface area contributed by atoms with Gasteiger partial charge in [0.2, 0.25) is 88.6 Å². The molecule has 16 N–H and O–H groups in total. The Morgan fingerprint density at radius 1 is 0.507 bits per heavy atom. The standard InChI is InChI=1S/C99H124F3N17O18S/c1-9-10-27-78-97(135)119-52-66(122)48-82(119)98(136)118-51-63(103)47-80(118)93(131)113-86(56(4)5)99(137)115(7)79(44-57-21-13-11-14-22-57)92(130)111-75(42-60-31-35-65(121)36-32-60)95(133)117-37-20-19-28-77(117)91(129)110-73(46-62-49-105-70-26-18-17-25-67(62)70)90(128)109-72(41-59-29-33-64(120)34-30-59)89(127)108-71(38-55(2)3)88(126)112-76(87(125)106-50-83(104)123)53-138-54-84(124)107-74(43-61-39-68(100)85(102)69(101)40-61)94(132)116(8)81(96(134)114(78)6)45-58-23-15-12-16-24-58/h11-18,21-26,29-36,39-40,49,55-56,63,66,71-82,86,105,120-122H,9-10,19-20,27-28,37-38,41-48,50-54,103H2,1-8H3,(H2,104,123)(H,106,125)(H,107,124)(H,108,127)(H,109,128)(H,110,129)(H,111,130)(H,112,126)(H,113,131)/t63-,66-,71+,72+,73+,74+,75+,76+,77-,78+,79+,80+,81+,82-,86+/m1/s1. The van der Waals surface area contributed by atoms with E-state index in [0.717, 1.165) is 19.6 Å². The molecule has 4 saturated heterocycles. The Balaban J connectivity index is 0.996. The third kappa shape index (κ3) is 27.5. The largest absolute Gasteiger partial charge is 0.508 e. The van der Waals surface area contributed by atoms with Crippen LogP contribution in [-0.2, 0) is 110 Å². The van der Waals surface area contributed by atoms with Gasteiger partial charge in [-0.3, -0.25) is 71.9 Å². The molecule has 35 nitrogen and oxygen atoms in total. The molecule has 0 radical (unpaired) electrons. The molecule has 11 rings (SSSR count). The van der Waals surface area contributed by atoms with Gasteiger partial charge in [-0.25, -0.2) is 13.2 Å². The summed E-state index contributed by atoms with van der Waals surface area (Å²) in [5.74, 6) is -21.5. The summed E-state index contributed by atoms with van der Waals surface area (Å²) in [6.45, 7) is 7.01. The number of hydrogen-bond donors (Lipinski definition) is 14. The molecule has 0 saturated carbocycles. The van der Waals surface area contributed by atoms with Crippen molar-refractivity contribution < 1.29 is 100 Å². The highest BCUT2D eigenvalue weighted by Gasteiger charge is 2.51. The highest BCUT2D eigenvalue weighted by molar-refractivity contribution is 8.00. The van der Waals surface area contributed by atoms with Gasteiger partial charge in [0.25, 0.3) is 0 Å². The van der Waals surface area contributed by atoms with Crippen LogP contribution in [0.15, 0.2) is 152 Å². The minimum absolute atomic E-state index is 0.0222. The Bertz CT molecular complexity index is 5510. The molecular formula is C99H124F3N17O18S.